The number of rotatable bonds is 7. The minimum absolute atomic E-state index is 0.0773. The number of para-hydroxylation sites is 2. The molecule has 5 heteroatoms. The Morgan fingerprint density at radius 3 is 2.50 bits per heavy atom. The molecule has 1 saturated carbocycles. The van der Waals surface area contributed by atoms with Crippen molar-refractivity contribution in [1.82, 2.24) is 5.32 Å². The first-order valence-electron chi connectivity index (χ1n) is 7.87. The average Bonchev–Trinajstić information content (AvgIpc) is 3.31. The van der Waals surface area contributed by atoms with Gasteiger partial charge in [0.25, 0.3) is 0 Å². The number of nitrogens with one attached hydrogen (secondary N) is 2. The van der Waals surface area contributed by atoms with E-state index in [0.717, 1.165) is 6.42 Å². The molecule has 120 valence electrons. The zero-order valence-corrected chi connectivity index (χ0v) is 13.4. The molecular weight excluding hydrogens is 280 g/mol. The first-order chi connectivity index (χ1) is 10.5. The van der Waals surface area contributed by atoms with Gasteiger partial charge in [0.2, 0.25) is 11.8 Å². The van der Waals surface area contributed by atoms with E-state index >= 15 is 0 Å². The maximum atomic E-state index is 12.5. The maximum absolute atomic E-state index is 12.5. The Balaban J connectivity index is 2.07. The van der Waals surface area contributed by atoms with Crippen LogP contribution in [0.25, 0.3) is 0 Å². The summed E-state index contributed by atoms with van der Waals surface area (Å²) < 4.78 is 5.50. The van der Waals surface area contributed by atoms with Crippen LogP contribution in [0.5, 0.6) is 5.75 Å². The molecule has 0 heterocycles. The molecule has 1 atom stereocenters. The highest BCUT2D eigenvalue weighted by Crippen LogP contribution is 2.47. The molecule has 1 aliphatic rings. The van der Waals surface area contributed by atoms with Gasteiger partial charge >= 0.3 is 0 Å². The Bertz CT molecular complexity index is 553. The Labute approximate surface area is 131 Å². The quantitative estimate of drug-likeness (QED) is 0.761. The van der Waals surface area contributed by atoms with Gasteiger partial charge in [-0.25, -0.2) is 0 Å². The van der Waals surface area contributed by atoms with Gasteiger partial charge < -0.3 is 15.4 Å². The highest BCUT2D eigenvalue weighted by Gasteiger charge is 2.56. The van der Waals surface area contributed by atoms with Gasteiger partial charge in [-0.2, -0.15) is 0 Å². The van der Waals surface area contributed by atoms with E-state index in [0.29, 0.717) is 30.9 Å². The van der Waals surface area contributed by atoms with Crippen molar-refractivity contribution in [3.05, 3.63) is 24.3 Å². The van der Waals surface area contributed by atoms with Gasteiger partial charge in [-0.3, -0.25) is 9.59 Å². The molecule has 0 aliphatic heterocycles. The van der Waals surface area contributed by atoms with Crippen LogP contribution >= 0.6 is 0 Å². The van der Waals surface area contributed by atoms with Gasteiger partial charge in [-0.15, -0.1) is 0 Å². The molecule has 1 unspecified atom stereocenters. The fraction of sp³-hybridized carbons (Fsp3) is 0.529. The highest BCUT2D eigenvalue weighted by molar-refractivity contribution is 6.13. The predicted molar refractivity (Wildman–Crippen MR) is 85.8 cm³/mol. The minimum Gasteiger partial charge on any atom is -0.492 e. The van der Waals surface area contributed by atoms with Crippen LogP contribution in [0.3, 0.4) is 0 Å². The summed E-state index contributed by atoms with van der Waals surface area (Å²) >= 11 is 0. The summed E-state index contributed by atoms with van der Waals surface area (Å²) in [5.74, 6) is 0.199. The van der Waals surface area contributed by atoms with Crippen molar-refractivity contribution in [2.75, 3.05) is 11.9 Å². The van der Waals surface area contributed by atoms with Gasteiger partial charge in [-0.1, -0.05) is 19.1 Å². The molecular formula is C17H24N2O3. The van der Waals surface area contributed by atoms with Crippen LogP contribution in [0.15, 0.2) is 24.3 Å². The zero-order chi connectivity index (χ0) is 16.2. The third-order valence-electron chi connectivity index (χ3n) is 4.04. The van der Waals surface area contributed by atoms with Crippen molar-refractivity contribution in [2.24, 2.45) is 5.41 Å². The molecule has 0 bridgehead atoms. The Hall–Kier alpha value is -2.04. The summed E-state index contributed by atoms with van der Waals surface area (Å²) in [6.45, 7) is 6.35. The van der Waals surface area contributed by atoms with Crippen LogP contribution in [0.1, 0.15) is 40.0 Å². The number of ether oxygens (including phenoxy) is 1. The van der Waals surface area contributed by atoms with E-state index in [1.807, 2.05) is 32.9 Å². The lowest BCUT2D eigenvalue weighted by Gasteiger charge is -2.19. The molecule has 1 aromatic carbocycles. The molecule has 2 rings (SSSR count). The lowest BCUT2D eigenvalue weighted by Crippen LogP contribution is -2.43. The number of carbonyl (C=O) groups is 2. The molecule has 1 fully saturated rings. The molecule has 1 aliphatic carbocycles. The smallest absolute Gasteiger partial charge is 0.240 e. The van der Waals surface area contributed by atoms with E-state index < -0.39 is 5.41 Å². The van der Waals surface area contributed by atoms with Crippen molar-refractivity contribution in [1.29, 1.82) is 0 Å². The van der Waals surface area contributed by atoms with Crippen LogP contribution in [0, 0.1) is 5.41 Å². The first-order valence-corrected chi connectivity index (χ1v) is 7.87. The minimum atomic E-state index is -0.914. The summed E-state index contributed by atoms with van der Waals surface area (Å²) in [7, 11) is 0. The molecule has 0 radical (unpaired) electrons. The molecule has 5 nitrogen and oxygen atoms in total. The van der Waals surface area contributed by atoms with E-state index in [2.05, 4.69) is 10.6 Å². The summed E-state index contributed by atoms with van der Waals surface area (Å²) in [5.41, 5.74) is -0.306. The number of amides is 2. The summed E-state index contributed by atoms with van der Waals surface area (Å²) in [6, 6.07) is 7.34. The van der Waals surface area contributed by atoms with E-state index in [4.69, 9.17) is 4.74 Å². The Morgan fingerprint density at radius 2 is 1.91 bits per heavy atom. The lowest BCUT2D eigenvalue weighted by atomic mass is 10.0. The Kier molecular flexibility index (Phi) is 5.06. The second-order valence-electron chi connectivity index (χ2n) is 5.75. The molecule has 0 spiro atoms. The molecule has 1 aromatic rings. The molecule has 0 saturated heterocycles. The van der Waals surface area contributed by atoms with Crippen molar-refractivity contribution in [3.63, 3.8) is 0 Å². The van der Waals surface area contributed by atoms with E-state index in [1.54, 1.807) is 12.1 Å². The fourth-order valence-corrected chi connectivity index (χ4v) is 2.24. The maximum Gasteiger partial charge on any atom is 0.240 e. The summed E-state index contributed by atoms with van der Waals surface area (Å²) in [4.78, 5) is 24.9. The third-order valence-corrected chi connectivity index (χ3v) is 4.04. The van der Waals surface area contributed by atoms with Crippen LogP contribution in [-0.2, 0) is 9.59 Å². The van der Waals surface area contributed by atoms with Crippen LogP contribution in [-0.4, -0.2) is 24.5 Å². The monoisotopic (exact) mass is 304 g/mol. The van der Waals surface area contributed by atoms with Crippen LogP contribution < -0.4 is 15.4 Å². The standard InChI is InChI=1S/C17H24N2O3/c1-4-12(3)18-15(20)17(10-11-17)16(21)19-13-8-6-7-9-14(13)22-5-2/h6-9,12H,4-5,10-11H2,1-3H3,(H,18,20)(H,19,21). The van der Waals surface area contributed by atoms with Crippen molar-refractivity contribution < 1.29 is 14.3 Å². The summed E-state index contributed by atoms with van der Waals surface area (Å²) in [5, 5.41) is 5.75. The largest absolute Gasteiger partial charge is 0.492 e. The molecule has 22 heavy (non-hydrogen) atoms. The number of hydrogen-bond donors (Lipinski definition) is 2. The van der Waals surface area contributed by atoms with Crippen LogP contribution in [0.4, 0.5) is 5.69 Å². The van der Waals surface area contributed by atoms with E-state index in [-0.39, 0.29) is 17.9 Å². The van der Waals surface area contributed by atoms with Gasteiger partial charge in [0, 0.05) is 6.04 Å². The van der Waals surface area contributed by atoms with Gasteiger partial charge in [0.15, 0.2) is 0 Å². The number of anilines is 1. The molecule has 2 amide bonds. The lowest BCUT2D eigenvalue weighted by molar-refractivity contribution is -0.134. The van der Waals surface area contributed by atoms with Gasteiger partial charge in [-0.05, 0) is 45.2 Å². The van der Waals surface area contributed by atoms with Gasteiger partial charge in [0.05, 0.1) is 12.3 Å². The SMILES string of the molecule is CCOc1ccccc1NC(=O)C1(C(=O)NC(C)CC)CC1. The van der Waals surface area contributed by atoms with Crippen molar-refractivity contribution in [2.45, 2.75) is 46.1 Å². The third kappa shape index (κ3) is 3.40. The molecule has 2 N–H and O–H groups in total. The van der Waals surface area contributed by atoms with E-state index in [9.17, 15) is 9.59 Å². The van der Waals surface area contributed by atoms with Gasteiger partial charge in [0.1, 0.15) is 11.2 Å². The number of carbonyl (C=O) groups excluding carboxylic acids is 2. The normalized spacial score (nSPS) is 16.5. The topological polar surface area (TPSA) is 67.4 Å². The zero-order valence-electron chi connectivity index (χ0n) is 13.4. The number of benzene rings is 1. The van der Waals surface area contributed by atoms with Crippen molar-refractivity contribution >= 4 is 17.5 Å². The Morgan fingerprint density at radius 1 is 1.23 bits per heavy atom. The first kappa shape index (κ1) is 16.3. The summed E-state index contributed by atoms with van der Waals surface area (Å²) in [6.07, 6.45) is 2.03. The van der Waals surface area contributed by atoms with Crippen molar-refractivity contribution in [3.8, 4) is 5.75 Å². The second kappa shape index (κ2) is 6.81. The second-order valence-corrected chi connectivity index (χ2v) is 5.75. The fourth-order valence-electron chi connectivity index (χ4n) is 2.24. The predicted octanol–water partition coefficient (Wildman–Crippen LogP) is 2.72. The molecule has 0 aromatic heterocycles. The van der Waals surface area contributed by atoms with Crippen LogP contribution in [0.2, 0.25) is 0 Å². The highest BCUT2D eigenvalue weighted by atomic mass is 16.5. The average molecular weight is 304 g/mol. The van der Waals surface area contributed by atoms with E-state index in [1.165, 1.54) is 0 Å². The number of hydrogen-bond acceptors (Lipinski definition) is 3.